The van der Waals surface area contributed by atoms with Crippen LogP contribution >= 0.6 is 23.5 Å². The Balaban J connectivity index is 2.92. The summed E-state index contributed by atoms with van der Waals surface area (Å²) in [4.78, 5) is 4.13. The highest BCUT2D eigenvalue weighted by Gasteiger charge is 2.31. The zero-order chi connectivity index (χ0) is 17.5. The van der Waals surface area contributed by atoms with E-state index in [4.69, 9.17) is 4.42 Å². The number of halogens is 3. The van der Waals surface area contributed by atoms with Crippen molar-refractivity contribution >= 4 is 39.5 Å². The van der Waals surface area contributed by atoms with Gasteiger partial charge in [0.2, 0.25) is 5.89 Å². The fourth-order valence-corrected chi connectivity index (χ4v) is 2.23. The summed E-state index contributed by atoms with van der Waals surface area (Å²) in [6, 6.07) is 0.0749. The Morgan fingerprint density at radius 1 is 1.26 bits per heavy atom. The van der Waals surface area contributed by atoms with Gasteiger partial charge in [0.05, 0.1) is 0 Å². The second-order valence-electron chi connectivity index (χ2n) is 3.85. The Bertz CT molecular complexity index is 631. The third-order valence-electron chi connectivity index (χ3n) is 2.22. The van der Waals surface area contributed by atoms with Crippen molar-refractivity contribution in [1.29, 1.82) is 0 Å². The van der Waals surface area contributed by atoms with Gasteiger partial charge in [-0.2, -0.15) is 4.99 Å². The molecule has 5 nitrogen and oxygen atoms in total. The maximum absolute atomic E-state index is 12.1. The number of ether oxygens (including phenoxy) is 1. The van der Waals surface area contributed by atoms with E-state index in [2.05, 4.69) is 26.5 Å². The molecule has 0 fully saturated rings. The number of rotatable bonds is 5. The molecule has 1 aromatic rings. The van der Waals surface area contributed by atoms with Crippen molar-refractivity contribution in [3.8, 4) is 0 Å². The first kappa shape index (κ1) is 19.4. The molecule has 1 rings (SSSR count). The minimum Gasteiger partial charge on any atom is -0.406 e. The molecule has 0 radical (unpaired) electrons. The van der Waals surface area contributed by atoms with Crippen molar-refractivity contribution in [2.24, 2.45) is 4.99 Å². The zero-order valence-corrected chi connectivity index (χ0v) is 14.2. The number of allylic oxidation sites excluding steroid dienone is 4. The monoisotopic (exact) mass is 365 g/mol. The van der Waals surface area contributed by atoms with Crippen LogP contribution in [0, 0.1) is 0 Å². The molecule has 0 aliphatic rings. The average molecular weight is 365 g/mol. The van der Waals surface area contributed by atoms with Crippen LogP contribution in [0.3, 0.4) is 0 Å². The second-order valence-corrected chi connectivity index (χ2v) is 5.69. The number of aliphatic imine (C=N–C) groups is 1. The number of alkyl halides is 3. The van der Waals surface area contributed by atoms with Crippen molar-refractivity contribution in [2.75, 3.05) is 12.5 Å². The number of hydrogen-bond acceptors (Lipinski definition) is 7. The van der Waals surface area contributed by atoms with E-state index in [-0.39, 0.29) is 11.9 Å². The zero-order valence-electron chi connectivity index (χ0n) is 12.5. The lowest BCUT2D eigenvalue weighted by Gasteiger charge is -2.08. The molecule has 0 saturated carbocycles. The van der Waals surface area contributed by atoms with Crippen molar-refractivity contribution in [3.63, 3.8) is 0 Å². The minimum atomic E-state index is -4.78. The predicted molar refractivity (Wildman–Crippen MR) is 87.5 cm³/mol. The van der Waals surface area contributed by atoms with Gasteiger partial charge in [-0.15, -0.1) is 41.8 Å². The van der Waals surface area contributed by atoms with Crippen LogP contribution < -0.4 is 0 Å². The Hall–Kier alpha value is -1.68. The summed E-state index contributed by atoms with van der Waals surface area (Å²) in [5.74, 6) is -0.293. The summed E-state index contributed by atoms with van der Waals surface area (Å²) in [7, 11) is 0. The molecule has 0 aromatic carbocycles. The molecule has 0 spiro atoms. The van der Waals surface area contributed by atoms with Gasteiger partial charge < -0.3 is 9.15 Å². The van der Waals surface area contributed by atoms with Crippen molar-refractivity contribution < 1.29 is 22.3 Å². The van der Waals surface area contributed by atoms with Crippen LogP contribution in [0.4, 0.5) is 19.2 Å². The molecule has 0 bridgehead atoms. The van der Waals surface area contributed by atoms with Gasteiger partial charge in [0.1, 0.15) is 10.1 Å². The largest absolute Gasteiger partial charge is 0.573 e. The van der Waals surface area contributed by atoms with Crippen LogP contribution in [-0.4, -0.2) is 33.4 Å². The molecule has 0 amide bonds. The average Bonchev–Trinajstić information content (AvgIpc) is 2.96. The van der Waals surface area contributed by atoms with Gasteiger partial charge in [-0.05, 0) is 31.6 Å². The summed E-state index contributed by atoms with van der Waals surface area (Å²) in [5, 5.41) is 7.54. The van der Waals surface area contributed by atoms with Gasteiger partial charge in [-0.3, -0.25) is 0 Å². The fraction of sp³-hybridized carbons (Fsp3) is 0.308. The van der Waals surface area contributed by atoms with Crippen molar-refractivity contribution in [2.45, 2.75) is 13.3 Å². The number of nitrogens with zero attached hydrogens (tertiary/aromatic N) is 3. The first-order valence-electron chi connectivity index (χ1n) is 6.06. The summed E-state index contributed by atoms with van der Waals surface area (Å²) < 4.78 is 46.3. The Kier molecular flexibility index (Phi) is 7.43. The maximum atomic E-state index is 12.1. The summed E-state index contributed by atoms with van der Waals surface area (Å²) in [5.41, 5.74) is 0.457. The molecule has 23 heavy (non-hydrogen) atoms. The smallest absolute Gasteiger partial charge is 0.406 e. The molecule has 1 heterocycles. The van der Waals surface area contributed by atoms with E-state index in [0.717, 1.165) is 16.5 Å². The second kappa shape index (κ2) is 8.82. The van der Waals surface area contributed by atoms with Crippen LogP contribution in [0.5, 0.6) is 0 Å². The molecule has 0 aliphatic carbocycles. The van der Waals surface area contributed by atoms with Crippen LogP contribution in [0.25, 0.3) is 5.57 Å². The first-order chi connectivity index (χ1) is 10.8. The standard InChI is InChI=1S/C13H14F3N3O2S2/c1-5-9(21-13(14,15)16)7-6-8(2)10-18-19-11(20-10)17-12(22-3)23-4/h5-7H,1H2,2-4H3/b8-6+,9-7+. The first-order valence-corrected chi connectivity index (χ1v) is 8.51. The van der Waals surface area contributed by atoms with Crippen molar-refractivity contribution in [3.05, 3.63) is 36.5 Å². The molecule has 0 N–H and O–H groups in total. The SMILES string of the molecule is C=C/C(=C\C=C(/C)c1nnc(N=C(SC)SC)o1)OC(F)(F)F. The highest BCUT2D eigenvalue weighted by atomic mass is 32.2. The van der Waals surface area contributed by atoms with Crippen LogP contribution in [0.1, 0.15) is 12.8 Å². The molecule has 1 aromatic heterocycles. The summed E-state index contributed by atoms with van der Waals surface area (Å²) >= 11 is 2.86. The van der Waals surface area contributed by atoms with E-state index in [1.807, 2.05) is 12.5 Å². The third kappa shape index (κ3) is 6.95. The van der Waals surface area contributed by atoms with Gasteiger partial charge in [-0.1, -0.05) is 17.8 Å². The Labute approximate surface area is 139 Å². The van der Waals surface area contributed by atoms with Crippen LogP contribution in [0.15, 0.2) is 40.0 Å². The molecular weight excluding hydrogens is 351 g/mol. The number of aromatic nitrogens is 2. The molecule has 0 aliphatic heterocycles. The van der Waals surface area contributed by atoms with E-state index >= 15 is 0 Å². The van der Waals surface area contributed by atoms with Crippen LogP contribution in [0.2, 0.25) is 0 Å². The Morgan fingerprint density at radius 3 is 2.43 bits per heavy atom. The van der Waals surface area contributed by atoms with E-state index in [1.165, 1.54) is 29.6 Å². The van der Waals surface area contributed by atoms with Gasteiger partial charge in [-0.25, -0.2) is 0 Å². The van der Waals surface area contributed by atoms with E-state index in [9.17, 15) is 13.2 Å². The summed E-state index contributed by atoms with van der Waals surface area (Å²) in [6.07, 6.45) is 2.36. The molecule has 0 atom stereocenters. The normalized spacial score (nSPS) is 13.0. The number of thioether (sulfide) groups is 2. The predicted octanol–water partition coefficient (Wildman–Crippen LogP) is 4.79. The lowest BCUT2D eigenvalue weighted by atomic mass is 10.2. The van der Waals surface area contributed by atoms with Crippen LogP contribution in [-0.2, 0) is 4.74 Å². The minimum absolute atomic E-state index is 0.0749. The van der Waals surface area contributed by atoms with Gasteiger partial charge in [0.15, 0.2) is 0 Å². The summed E-state index contributed by atoms with van der Waals surface area (Å²) in [6.45, 7) is 4.86. The topological polar surface area (TPSA) is 60.5 Å². The number of hydrogen-bond donors (Lipinski definition) is 0. The molecule has 126 valence electrons. The van der Waals surface area contributed by atoms with E-state index in [1.54, 1.807) is 6.92 Å². The van der Waals surface area contributed by atoms with Gasteiger partial charge in [0.25, 0.3) is 0 Å². The lowest BCUT2D eigenvalue weighted by Crippen LogP contribution is -2.11. The lowest BCUT2D eigenvalue weighted by molar-refractivity contribution is -0.303. The Morgan fingerprint density at radius 2 is 1.91 bits per heavy atom. The van der Waals surface area contributed by atoms with E-state index in [0.29, 0.717) is 5.57 Å². The van der Waals surface area contributed by atoms with E-state index < -0.39 is 12.1 Å². The highest BCUT2D eigenvalue weighted by Crippen LogP contribution is 2.23. The molecule has 0 saturated heterocycles. The highest BCUT2D eigenvalue weighted by molar-refractivity contribution is 8.38. The maximum Gasteiger partial charge on any atom is 0.573 e. The molecular formula is C13H14F3N3O2S2. The molecule has 0 unspecified atom stereocenters. The third-order valence-corrected chi connectivity index (χ3v) is 4.10. The van der Waals surface area contributed by atoms with Crippen molar-refractivity contribution in [1.82, 2.24) is 10.2 Å². The fourth-order valence-electron chi connectivity index (χ4n) is 1.23. The quantitative estimate of drug-likeness (QED) is 0.323. The van der Waals surface area contributed by atoms with Gasteiger partial charge in [0, 0.05) is 5.57 Å². The molecule has 10 heteroatoms. The van der Waals surface area contributed by atoms with Gasteiger partial charge >= 0.3 is 12.4 Å².